The summed E-state index contributed by atoms with van der Waals surface area (Å²) in [6.45, 7) is 0. The summed E-state index contributed by atoms with van der Waals surface area (Å²) >= 11 is 0. The zero-order valence-corrected chi connectivity index (χ0v) is 9.40. The van der Waals surface area contributed by atoms with Gasteiger partial charge in [-0.25, -0.2) is 4.79 Å². The Bertz CT molecular complexity index is 589. The van der Waals surface area contributed by atoms with Gasteiger partial charge >= 0.3 is 5.97 Å². The van der Waals surface area contributed by atoms with Gasteiger partial charge in [0.25, 0.3) is 0 Å². The van der Waals surface area contributed by atoms with Gasteiger partial charge in [-0.15, -0.1) is 0 Å². The summed E-state index contributed by atoms with van der Waals surface area (Å²) in [6.07, 6.45) is 0. The van der Waals surface area contributed by atoms with Gasteiger partial charge in [-0.3, -0.25) is 0 Å². The third-order valence-corrected chi connectivity index (χ3v) is 2.56. The van der Waals surface area contributed by atoms with Crippen LogP contribution in [0.2, 0.25) is 0 Å². The molecule has 17 heavy (non-hydrogen) atoms. The fraction of sp³-hybridized carbons (Fsp3) is 0.182. The van der Waals surface area contributed by atoms with Crippen molar-refractivity contribution in [2.24, 2.45) is 0 Å². The van der Waals surface area contributed by atoms with E-state index in [1.54, 1.807) is 12.1 Å². The van der Waals surface area contributed by atoms with E-state index in [2.05, 4.69) is 4.98 Å². The van der Waals surface area contributed by atoms with Crippen molar-refractivity contribution < 1.29 is 19.4 Å². The standard InChI is InChI=1S/C11H12N2O4/c1-16-7-3-5-6(4-8(7)17-2)13-10(9(5)12)11(14)15/h3-4,13H,12H2,1-2H3,(H,14,15). The first-order valence-electron chi connectivity index (χ1n) is 4.85. The molecule has 4 N–H and O–H groups in total. The zero-order valence-electron chi connectivity index (χ0n) is 9.40. The van der Waals surface area contributed by atoms with Gasteiger partial charge in [0.15, 0.2) is 11.5 Å². The summed E-state index contributed by atoms with van der Waals surface area (Å²) < 4.78 is 10.2. The van der Waals surface area contributed by atoms with Crippen LogP contribution < -0.4 is 15.2 Å². The predicted octanol–water partition coefficient (Wildman–Crippen LogP) is 1.47. The number of methoxy groups -OCH3 is 2. The van der Waals surface area contributed by atoms with Crippen LogP contribution in [0.15, 0.2) is 12.1 Å². The number of hydrogen-bond acceptors (Lipinski definition) is 4. The molecule has 1 aromatic heterocycles. The number of carboxylic acid groups (broad SMARTS) is 1. The summed E-state index contributed by atoms with van der Waals surface area (Å²) in [4.78, 5) is 13.7. The number of nitrogens with one attached hydrogen (secondary N) is 1. The van der Waals surface area contributed by atoms with Crippen LogP contribution in [0.5, 0.6) is 11.5 Å². The van der Waals surface area contributed by atoms with E-state index in [0.717, 1.165) is 0 Å². The molecule has 0 saturated heterocycles. The molecular formula is C11H12N2O4. The van der Waals surface area contributed by atoms with Gasteiger partial charge in [-0.1, -0.05) is 0 Å². The third-order valence-electron chi connectivity index (χ3n) is 2.56. The molecule has 2 rings (SSSR count). The lowest BCUT2D eigenvalue weighted by Crippen LogP contribution is -2.00. The fourth-order valence-electron chi connectivity index (χ4n) is 1.71. The average molecular weight is 236 g/mol. The molecular weight excluding hydrogens is 224 g/mol. The number of aromatic carboxylic acids is 1. The van der Waals surface area contributed by atoms with Crippen molar-refractivity contribution in [1.29, 1.82) is 0 Å². The van der Waals surface area contributed by atoms with Gasteiger partial charge in [0, 0.05) is 11.5 Å². The lowest BCUT2D eigenvalue weighted by Gasteiger charge is -2.07. The number of rotatable bonds is 3. The topological polar surface area (TPSA) is 97.6 Å². The molecule has 0 fully saturated rings. The van der Waals surface area contributed by atoms with Crippen LogP contribution in [0.4, 0.5) is 5.69 Å². The van der Waals surface area contributed by atoms with Crippen LogP contribution in [0.1, 0.15) is 10.5 Å². The second kappa shape index (κ2) is 3.89. The smallest absolute Gasteiger partial charge is 0.354 e. The minimum Gasteiger partial charge on any atom is -0.493 e. The number of nitrogens with two attached hydrogens (primary N) is 1. The van der Waals surface area contributed by atoms with Crippen LogP contribution in [0, 0.1) is 0 Å². The molecule has 0 atom stereocenters. The van der Waals surface area contributed by atoms with E-state index in [-0.39, 0.29) is 11.4 Å². The van der Waals surface area contributed by atoms with Crippen molar-refractivity contribution in [2.45, 2.75) is 0 Å². The van der Waals surface area contributed by atoms with Crippen molar-refractivity contribution in [2.75, 3.05) is 20.0 Å². The molecule has 6 heteroatoms. The molecule has 0 aliphatic rings. The molecule has 1 aromatic carbocycles. The van der Waals surface area contributed by atoms with E-state index in [1.165, 1.54) is 14.2 Å². The third kappa shape index (κ3) is 1.63. The molecule has 0 bridgehead atoms. The lowest BCUT2D eigenvalue weighted by atomic mass is 10.2. The summed E-state index contributed by atoms with van der Waals surface area (Å²) in [5.41, 5.74) is 6.50. The molecule has 0 spiro atoms. The SMILES string of the molecule is COc1cc2[nH]c(C(=O)O)c(N)c2cc1OC. The number of ether oxygens (including phenoxy) is 2. The van der Waals surface area contributed by atoms with Gasteiger partial charge in [0.05, 0.1) is 25.4 Å². The number of benzene rings is 1. The largest absolute Gasteiger partial charge is 0.493 e. The molecule has 0 aliphatic heterocycles. The number of carboxylic acids is 1. The minimum atomic E-state index is -1.10. The van der Waals surface area contributed by atoms with Crippen molar-refractivity contribution >= 4 is 22.6 Å². The van der Waals surface area contributed by atoms with E-state index >= 15 is 0 Å². The maximum absolute atomic E-state index is 10.9. The number of anilines is 1. The summed E-state index contributed by atoms with van der Waals surface area (Å²) in [7, 11) is 3.01. The number of aromatic nitrogens is 1. The van der Waals surface area contributed by atoms with Crippen LogP contribution >= 0.6 is 0 Å². The first kappa shape index (κ1) is 11.1. The highest BCUT2D eigenvalue weighted by atomic mass is 16.5. The number of H-pyrrole nitrogens is 1. The number of fused-ring (bicyclic) bond motifs is 1. The average Bonchev–Trinajstić information content (AvgIpc) is 2.64. The van der Waals surface area contributed by atoms with Gasteiger partial charge in [0.2, 0.25) is 0 Å². The number of nitrogen functional groups attached to an aromatic ring is 1. The Morgan fingerprint density at radius 3 is 2.41 bits per heavy atom. The Morgan fingerprint density at radius 1 is 1.29 bits per heavy atom. The maximum atomic E-state index is 10.9. The van der Waals surface area contributed by atoms with E-state index in [4.69, 9.17) is 20.3 Å². The second-order valence-corrected chi connectivity index (χ2v) is 3.47. The summed E-state index contributed by atoms with van der Waals surface area (Å²) in [6, 6.07) is 3.30. The Morgan fingerprint density at radius 2 is 1.88 bits per heavy atom. The van der Waals surface area contributed by atoms with Crippen molar-refractivity contribution in [1.82, 2.24) is 4.98 Å². The molecule has 0 amide bonds. The highest BCUT2D eigenvalue weighted by molar-refractivity contribution is 6.05. The van der Waals surface area contributed by atoms with Crippen LogP contribution in [0.25, 0.3) is 10.9 Å². The Balaban J connectivity index is 2.75. The lowest BCUT2D eigenvalue weighted by molar-refractivity contribution is 0.0692. The Kier molecular flexibility index (Phi) is 2.55. The molecule has 6 nitrogen and oxygen atoms in total. The first-order valence-corrected chi connectivity index (χ1v) is 4.85. The Hall–Kier alpha value is -2.37. The van der Waals surface area contributed by atoms with Crippen LogP contribution in [-0.2, 0) is 0 Å². The second-order valence-electron chi connectivity index (χ2n) is 3.47. The van der Waals surface area contributed by atoms with Crippen molar-refractivity contribution in [3.05, 3.63) is 17.8 Å². The molecule has 0 aliphatic carbocycles. The number of aromatic amines is 1. The van der Waals surface area contributed by atoms with Gasteiger partial charge in [-0.05, 0) is 6.07 Å². The maximum Gasteiger partial charge on any atom is 0.354 e. The summed E-state index contributed by atoms with van der Waals surface area (Å²) in [5.74, 6) is -0.0857. The van der Waals surface area contributed by atoms with E-state index in [1.807, 2.05) is 0 Å². The van der Waals surface area contributed by atoms with Crippen molar-refractivity contribution in [3.63, 3.8) is 0 Å². The molecule has 0 saturated carbocycles. The predicted molar refractivity (Wildman–Crippen MR) is 62.8 cm³/mol. The normalized spacial score (nSPS) is 10.5. The van der Waals surface area contributed by atoms with Gasteiger partial charge in [-0.2, -0.15) is 0 Å². The van der Waals surface area contributed by atoms with E-state index in [0.29, 0.717) is 22.4 Å². The van der Waals surface area contributed by atoms with Gasteiger partial charge < -0.3 is 25.3 Å². The molecule has 90 valence electrons. The van der Waals surface area contributed by atoms with E-state index in [9.17, 15) is 4.79 Å². The fourth-order valence-corrected chi connectivity index (χ4v) is 1.71. The first-order chi connectivity index (χ1) is 8.08. The molecule has 1 heterocycles. The molecule has 0 radical (unpaired) electrons. The highest BCUT2D eigenvalue weighted by Gasteiger charge is 2.17. The quantitative estimate of drug-likeness (QED) is 0.749. The van der Waals surface area contributed by atoms with Crippen molar-refractivity contribution in [3.8, 4) is 11.5 Å². The highest BCUT2D eigenvalue weighted by Crippen LogP contribution is 2.35. The summed E-state index contributed by atoms with van der Waals surface area (Å²) in [5, 5.41) is 9.54. The van der Waals surface area contributed by atoms with Gasteiger partial charge in [0.1, 0.15) is 5.69 Å². The van der Waals surface area contributed by atoms with Crippen LogP contribution in [-0.4, -0.2) is 30.3 Å². The molecule has 2 aromatic rings. The zero-order chi connectivity index (χ0) is 12.6. The number of carbonyl (C=O) groups is 1. The monoisotopic (exact) mass is 236 g/mol. The number of hydrogen-bond donors (Lipinski definition) is 3. The minimum absolute atomic E-state index is 0.0321. The van der Waals surface area contributed by atoms with E-state index < -0.39 is 5.97 Å². The molecule has 0 unspecified atom stereocenters. The Labute approximate surface area is 96.9 Å². The van der Waals surface area contributed by atoms with Crippen LogP contribution in [0.3, 0.4) is 0 Å².